The maximum Gasteiger partial charge on any atom is 0.295 e. The van der Waals surface area contributed by atoms with E-state index in [1.54, 1.807) is 41.3 Å². The fourth-order valence-corrected chi connectivity index (χ4v) is 5.60. The highest BCUT2D eigenvalue weighted by Crippen LogP contribution is 2.42. The smallest absolute Gasteiger partial charge is 0.295 e. The minimum atomic E-state index is -0.798. The third-order valence-electron chi connectivity index (χ3n) is 7.78. The number of nitrogens with zero attached hydrogens (tertiary/aromatic N) is 2. The summed E-state index contributed by atoms with van der Waals surface area (Å²) in [7, 11) is 0. The summed E-state index contributed by atoms with van der Waals surface area (Å²) < 4.78 is 23.1. The van der Waals surface area contributed by atoms with Gasteiger partial charge in [-0.3, -0.25) is 14.5 Å². The van der Waals surface area contributed by atoms with Crippen LogP contribution in [0.3, 0.4) is 0 Å². The van der Waals surface area contributed by atoms with E-state index in [1.165, 1.54) is 0 Å². The van der Waals surface area contributed by atoms with Crippen molar-refractivity contribution in [2.24, 2.45) is 0 Å². The number of Topliss-reactive ketones (excluding diaryl/α,β-unsaturated/α-hetero) is 1. The Balaban J connectivity index is 1.49. The highest BCUT2D eigenvalue weighted by molar-refractivity contribution is 6.46. The minimum Gasteiger partial charge on any atom is -0.507 e. The van der Waals surface area contributed by atoms with Gasteiger partial charge in [-0.05, 0) is 67.8 Å². The number of hydrogen-bond acceptors (Lipinski definition) is 8. The molecule has 2 saturated heterocycles. The van der Waals surface area contributed by atoms with Gasteiger partial charge in [0.05, 0.1) is 38.0 Å². The zero-order valence-corrected chi connectivity index (χ0v) is 25.4. The number of aliphatic hydroxyl groups is 1. The molecular formula is C35H40N2O7. The van der Waals surface area contributed by atoms with Crippen molar-refractivity contribution in [1.29, 1.82) is 0 Å². The highest BCUT2D eigenvalue weighted by atomic mass is 16.5. The molecule has 2 fully saturated rings. The molecule has 2 heterocycles. The molecule has 0 aliphatic carbocycles. The van der Waals surface area contributed by atoms with Crippen LogP contribution in [0.2, 0.25) is 0 Å². The van der Waals surface area contributed by atoms with Crippen molar-refractivity contribution in [3.05, 3.63) is 95.1 Å². The molecule has 1 unspecified atom stereocenters. The molecule has 9 heteroatoms. The van der Waals surface area contributed by atoms with Crippen LogP contribution in [0, 0.1) is 0 Å². The van der Waals surface area contributed by atoms with Crippen LogP contribution in [0.25, 0.3) is 5.76 Å². The number of rotatable bonds is 13. The molecule has 1 amide bonds. The zero-order chi connectivity index (χ0) is 30.9. The first-order valence-corrected chi connectivity index (χ1v) is 15.2. The monoisotopic (exact) mass is 600 g/mol. The molecule has 9 nitrogen and oxygen atoms in total. The summed E-state index contributed by atoms with van der Waals surface area (Å²) in [5.74, 6) is 0.129. The zero-order valence-electron chi connectivity index (χ0n) is 25.4. The van der Waals surface area contributed by atoms with Gasteiger partial charge in [0.25, 0.3) is 11.7 Å². The topological polar surface area (TPSA) is 97.8 Å². The van der Waals surface area contributed by atoms with E-state index in [2.05, 4.69) is 4.90 Å². The van der Waals surface area contributed by atoms with Gasteiger partial charge >= 0.3 is 0 Å². The van der Waals surface area contributed by atoms with Gasteiger partial charge < -0.3 is 29.0 Å². The van der Waals surface area contributed by atoms with Crippen LogP contribution >= 0.6 is 0 Å². The number of likely N-dealkylation sites (tertiary alicyclic amines) is 1. The van der Waals surface area contributed by atoms with Crippen LogP contribution in [-0.2, 0) is 20.9 Å². The molecule has 2 aliphatic rings. The van der Waals surface area contributed by atoms with Gasteiger partial charge in [0.1, 0.15) is 18.1 Å². The van der Waals surface area contributed by atoms with E-state index in [0.717, 1.165) is 25.2 Å². The van der Waals surface area contributed by atoms with E-state index in [9.17, 15) is 14.7 Å². The number of ether oxygens (including phenoxy) is 4. The van der Waals surface area contributed by atoms with E-state index in [1.807, 2.05) is 50.2 Å². The first-order chi connectivity index (χ1) is 21.5. The van der Waals surface area contributed by atoms with Gasteiger partial charge in [-0.25, -0.2) is 0 Å². The molecule has 2 aliphatic heterocycles. The fraction of sp³-hybridized carbons (Fsp3) is 0.371. The van der Waals surface area contributed by atoms with E-state index in [0.29, 0.717) is 74.4 Å². The largest absolute Gasteiger partial charge is 0.507 e. The molecule has 1 N–H and O–H groups in total. The Labute approximate surface area is 258 Å². The third kappa shape index (κ3) is 7.23. The second kappa shape index (κ2) is 14.9. The van der Waals surface area contributed by atoms with Crippen molar-refractivity contribution in [2.75, 3.05) is 52.6 Å². The summed E-state index contributed by atoms with van der Waals surface area (Å²) in [6.07, 6.45) is 0.670. The van der Waals surface area contributed by atoms with Crippen molar-refractivity contribution in [1.82, 2.24) is 9.80 Å². The molecule has 1 atom stereocenters. The number of benzene rings is 3. The van der Waals surface area contributed by atoms with Gasteiger partial charge in [0.2, 0.25) is 0 Å². The van der Waals surface area contributed by atoms with E-state index in [-0.39, 0.29) is 11.3 Å². The molecule has 3 aromatic rings. The van der Waals surface area contributed by atoms with Crippen LogP contribution in [0.4, 0.5) is 0 Å². The van der Waals surface area contributed by atoms with Crippen molar-refractivity contribution in [3.8, 4) is 17.2 Å². The first-order valence-electron chi connectivity index (χ1n) is 15.2. The predicted octanol–water partition coefficient (Wildman–Crippen LogP) is 5.21. The molecule has 5 rings (SSSR count). The number of hydrogen-bond donors (Lipinski definition) is 1. The lowest BCUT2D eigenvalue weighted by atomic mass is 9.95. The molecule has 0 aromatic heterocycles. The molecule has 232 valence electrons. The standard InChI is InChI=1S/C35H40N2O7/c1-3-42-28-14-11-26(12-15-28)33(38)31-32(37(35(40)34(31)39)18-8-17-36-19-21-41-22-20-36)27-13-16-29(30(23-27)43-4-2)44-24-25-9-6-5-7-10-25/h5-7,9-16,23,32,38H,3-4,8,17-22,24H2,1-2H3/b33-31+. The SMILES string of the molecule is CCOc1ccc(/C(O)=C2\C(=O)C(=O)N(CCCN3CCOCC3)C2c2ccc(OCc3ccccc3)c(OCC)c2)cc1. The molecule has 0 spiro atoms. The lowest BCUT2D eigenvalue weighted by Gasteiger charge is -2.29. The van der Waals surface area contributed by atoms with Crippen molar-refractivity contribution in [3.63, 3.8) is 0 Å². The normalized spacial score (nSPS) is 18.4. The average Bonchev–Trinajstić information content (AvgIpc) is 3.30. The number of morpholine rings is 1. The quantitative estimate of drug-likeness (QED) is 0.162. The van der Waals surface area contributed by atoms with Crippen LogP contribution in [-0.4, -0.2) is 79.2 Å². The Morgan fingerprint density at radius 3 is 2.30 bits per heavy atom. The minimum absolute atomic E-state index is 0.0472. The van der Waals surface area contributed by atoms with Gasteiger partial charge in [-0.2, -0.15) is 0 Å². The Morgan fingerprint density at radius 2 is 1.59 bits per heavy atom. The fourth-order valence-electron chi connectivity index (χ4n) is 5.60. The van der Waals surface area contributed by atoms with Gasteiger partial charge in [-0.15, -0.1) is 0 Å². The van der Waals surface area contributed by atoms with E-state index in [4.69, 9.17) is 18.9 Å². The van der Waals surface area contributed by atoms with Crippen LogP contribution in [0.5, 0.6) is 17.2 Å². The Kier molecular flexibility index (Phi) is 10.5. The van der Waals surface area contributed by atoms with Crippen LogP contribution in [0.1, 0.15) is 43.0 Å². The summed E-state index contributed by atoms with van der Waals surface area (Å²) in [5.41, 5.74) is 2.14. The maximum absolute atomic E-state index is 13.6. The summed E-state index contributed by atoms with van der Waals surface area (Å²) in [6, 6.07) is 21.3. The maximum atomic E-state index is 13.6. The predicted molar refractivity (Wildman–Crippen MR) is 167 cm³/mol. The summed E-state index contributed by atoms with van der Waals surface area (Å²) in [4.78, 5) is 30.9. The highest BCUT2D eigenvalue weighted by Gasteiger charge is 2.46. The van der Waals surface area contributed by atoms with E-state index < -0.39 is 17.7 Å². The van der Waals surface area contributed by atoms with Crippen LogP contribution < -0.4 is 14.2 Å². The van der Waals surface area contributed by atoms with Crippen LogP contribution in [0.15, 0.2) is 78.4 Å². The van der Waals surface area contributed by atoms with Crippen molar-refractivity contribution in [2.45, 2.75) is 32.9 Å². The molecule has 0 saturated carbocycles. The second-order valence-electron chi connectivity index (χ2n) is 10.7. The first kappa shape index (κ1) is 31.1. The summed E-state index contributed by atoms with van der Waals surface area (Å²) in [6.45, 7) is 9.21. The van der Waals surface area contributed by atoms with Gasteiger partial charge in [0.15, 0.2) is 11.5 Å². The Hall–Kier alpha value is -4.34. The molecule has 44 heavy (non-hydrogen) atoms. The summed E-state index contributed by atoms with van der Waals surface area (Å²) >= 11 is 0. The van der Waals surface area contributed by atoms with Gasteiger partial charge in [-0.1, -0.05) is 36.4 Å². The summed E-state index contributed by atoms with van der Waals surface area (Å²) in [5, 5.41) is 11.5. The van der Waals surface area contributed by atoms with Crippen molar-refractivity contribution < 1.29 is 33.6 Å². The second-order valence-corrected chi connectivity index (χ2v) is 10.7. The third-order valence-corrected chi connectivity index (χ3v) is 7.78. The Morgan fingerprint density at radius 1 is 0.864 bits per heavy atom. The molecule has 0 bridgehead atoms. The average molecular weight is 601 g/mol. The van der Waals surface area contributed by atoms with Gasteiger partial charge in [0, 0.05) is 31.7 Å². The molecular weight excluding hydrogens is 560 g/mol. The molecule has 3 aromatic carbocycles. The van der Waals surface area contributed by atoms with Crippen molar-refractivity contribution >= 4 is 17.4 Å². The number of aliphatic hydroxyl groups excluding tert-OH is 1. The number of ketones is 1. The lowest BCUT2D eigenvalue weighted by Crippen LogP contribution is -2.39. The van der Waals surface area contributed by atoms with E-state index >= 15 is 0 Å². The number of carbonyl (C=O) groups excluding carboxylic acids is 2. The number of carbonyl (C=O) groups is 2. The Bertz CT molecular complexity index is 1450. The number of amides is 1. The lowest BCUT2D eigenvalue weighted by molar-refractivity contribution is -0.140. The molecule has 0 radical (unpaired) electrons.